The smallest absolute Gasteiger partial charge is 0.277 e. The lowest BCUT2D eigenvalue weighted by molar-refractivity contribution is -0.137. The van der Waals surface area contributed by atoms with E-state index in [-0.39, 0.29) is 17.9 Å². The van der Waals surface area contributed by atoms with Crippen molar-refractivity contribution in [3.63, 3.8) is 0 Å². The van der Waals surface area contributed by atoms with Crippen molar-refractivity contribution in [3.8, 4) is 0 Å². The fraction of sp³-hybridized carbons (Fsp3) is 0.407. The number of fused-ring (bicyclic) bond motifs is 1. The topological polar surface area (TPSA) is 49.9 Å². The zero-order valence-corrected chi connectivity index (χ0v) is 19.5. The van der Waals surface area contributed by atoms with E-state index in [0.29, 0.717) is 37.4 Å². The first-order valence-electron chi connectivity index (χ1n) is 11.5. The SMILES string of the molecule is Cc1ccc(C2=C(N3CCc4ccccc4C3)C(=O)N(CCCOC(C)C)C2=O)c(C)c1. The molecule has 0 spiro atoms. The summed E-state index contributed by atoms with van der Waals surface area (Å²) < 4.78 is 5.62. The number of ether oxygens (including phenoxy) is 1. The van der Waals surface area contributed by atoms with Gasteiger partial charge in [0.05, 0.1) is 11.7 Å². The third-order valence-corrected chi connectivity index (χ3v) is 6.22. The van der Waals surface area contributed by atoms with Gasteiger partial charge in [-0.3, -0.25) is 14.5 Å². The summed E-state index contributed by atoms with van der Waals surface area (Å²) in [7, 11) is 0. The molecule has 0 saturated carbocycles. The number of amides is 2. The van der Waals surface area contributed by atoms with E-state index in [4.69, 9.17) is 4.74 Å². The number of imide groups is 1. The molecule has 168 valence electrons. The highest BCUT2D eigenvalue weighted by atomic mass is 16.5. The van der Waals surface area contributed by atoms with Gasteiger partial charge in [-0.15, -0.1) is 0 Å². The van der Waals surface area contributed by atoms with Crippen LogP contribution in [-0.4, -0.2) is 47.4 Å². The lowest BCUT2D eigenvalue weighted by atomic mass is 9.95. The van der Waals surface area contributed by atoms with Crippen LogP contribution in [0.3, 0.4) is 0 Å². The number of nitrogens with zero attached hydrogens (tertiary/aromatic N) is 2. The lowest BCUT2D eigenvalue weighted by Gasteiger charge is -2.31. The molecule has 2 amide bonds. The van der Waals surface area contributed by atoms with E-state index in [1.54, 1.807) is 0 Å². The Labute approximate surface area is 190 Å². The average Bonchev–Trinajstić information content (AvgIpc) is 3.00. The molecule has 2 aromatic carbocycles. The van der Waals surface area contributed by atoms with Crippen LogP contribution >= 0.6 is 0 Å². The number of carbonyl (C=O) groups excluding carboxylic acids is 2. The molecule has 0 atom stereocenters. The molecule has 2 aromatic rings. The minimum absolute atomic E-state index is 0.132. The number of hydrogen-bond donors (Lipinski definition) is 0. The number of aryl methyl sites for hydroxylation is 2. The van der Waals surface area contributed by atoms with Crippen LogP contribution < -0.4 is 0 Å². The molecule has 32 heavy (non-hydrogen) atoms. The van der Waals surface area contributed by atoms with Gasteiger partial charge in [0, 0.05) is 26.2 Å². The zero-order valence-electron chi connectivity index (χ0n) is 19.5. The zero-order chi connectivity index (χ0) is 22.8. The first-order valence-corrected chi connectivity index (χ1v) is 11.5. The van der Waals surface area contributed by atoms with Crippen LogP contribution in [0.1, 0.15) is 48.1 Å². The third kappa shape index (κ3) is 4.35. The van der Waals surface area contributed by atoms with E-state index in [9.17, 15) is 9.59 Å². The highest BCUT2D eigenvalue weighted by Crippen LogP contribution is 2.35. The van der Waals surface area contributed by atoms with Crippen LogP contribution in [0.4, 0.5) is 0 Å². The molecule has 0 unspecified atom stereocenters. The van der Waals surface area contributed by atoms with Gasteiger partial charge < -0.3 is 9.64 Å². The van der Waals surface area contributed by atoms with Gasteiger partial charge in [0.1, 0.15) is 5.70 Å². The Morgan fingerprint density at radius 3 is 2.47 bits per heavy atom. The van der Waals surface area contributed by atoms with Gasteiger partial charge >= 0.3 is 0 Å². The van der Waals surface area contributed by atoms with Crippen molar-refractivity contribution in [1.82, 2.24) is 9.80 Å². The van der Waals surface area contributed by atoms with Crippen LogP contribution in [0, 0.1) is 13.8 Å². The van der Waals surface area contributed by atoms with E-state index in [2.05, 4.69) is 29.2 Å². The van der Waals surface area contributed by atoms with Crippen molar-refractivity contribution >= 4 is 17.4 Å². The first kappa shape index (κ1) is 22.3. The average molecular weight is 433 g/mol. The molecule has 0 aromatic heterocycles. The number of rotatable bonds is 7. The monoisotopic (exact) mass is 432 g/mol. The van der Waals surface area contributed by atoms with Crippen LogP contribution in [0.2, 0.25) is 0 Å². The fourth-order valence-corrected chi connectivity index (χ4v) is 4.62. The Bertz CT molecular complexity index is 1070. The van der Waals surface area contributed by atoms with Crippen molar-refractivity contribution in [3.05, 3.63) is 76.0 Å². The second-order valence-corrected chi connectivity index (χ2v) is 9.02. The summed E-state index contributed by atoms with van der Waals surface area (Å²) in [6.07, 6.45) is 1.63. The molecule has 0 saturated heterocycles. The van der Waals surface area contributed by atoms with Gasteiger partial charge in [-0.1, -0.05) is 48.0 Å². The minimum Gasteiger partial charge on any atom is -0.379 e. The molecular weight excluding hydrogens is 400 g/mol. The standard InChI is InChI=1S/C27H32N2O3/c1-18(2)32-15-7-13-29-26(30)24(23-11-10-19(3)16-20(23)4)25(27(29)31)28-14-12-21-8-5-6-9-22(21)17-28/h5-6,8-11,16,18H,7,12-15,17H2,1-4H3. The molecule has 5 nitrogen and oxygen atoms in total. The highest BCUT2D eigenvalue weighted by molar-refractivity contribution is 6.35. The minimum atomic E-state index is -0.194. The molecule has 0 fully saturated rings. The molecule has 0 N–H and O–H groups in total. The van der Waals surface area contributed by atoms with Crippen LogP contribution in [0.25, 0.3) is 5.57 Å². The van der Waals surface area contributed by atoms with Gasteiger partial charge in [-0.05, 0) is 62.8 Å². The van der Waals surface area contributed by atoms with Crippen molar-refractivity contribution in [2.45, 2.75) is 53.2 Å². The lowest BCUT2D eigenvalue weighted by Crippen LogP contribution is -2.38. The number of hydrogen-bond acceptors (Lipinski definition) is 4. The molecule has 4 rings (SSSR count). The maximum Gasteiger partial charge on any atom is 0.277 e. The predicted molar refractivity (Wildman–Crippen MR) is 126 cm³/mol. The summed E-state index contributed by atoms with van der Waals surface area (Å²) in [4.78, 5) is 30.7. The maximum atomic E-state index is 13.6. The Morgan fingerprint density at radius 1 is 1.00 bits per heavy atom. The van der Waals surface area contributed by atoms with E-state index in [1.165, 1.54) is 16.0 Å². The second kappa shape index (κ2) is 9.29. The summed E-state index contributed by atoms with van der Waals surface area (Å²) in [5.74, 6) is -0.380. The third-order valence-electron chi connectivity index (χ3n) is 6.22. The Morgan fingerprint density at radius 2 is 1.75 bits per heavy atom. The van der Waals surface area contributed by atoms with Gasteiger partial charge in [0.2, 0.25) is 0 Å². The Hall–Kier alpha value is -2.92. The van der Waals surface area contributed by atoms with Crippen molar-refractivity contribution in [2.75, 3.05) is 19.7 Å². The number of carbonyl (C=O) groups is 2. The summed E-state index contributed by atoms with van der Waals surface area (Å²) >= 11 is 0. The predicted octanol–water partition coefficient (Wildman–Crippen LogP) is 4.26. The summed E-state index contributed by atoms with van der Waals surface area (Å²) in [5.41, 5.74) is 6.62. The van der Waals surface area contributed by atoms with E-state index in [1.807, 2.05) is 45.9 Å². The Balaban J connectivity index is 1.69. The second-order valence-electron chi connectivity index (χ2n) is 9.02. The molecule has 0 aliphatic carbocycles. The fourth-order valence-electron chi connectivity index (χ4n) is 4.62. The van der Waals surface area contributed by atoms with Crippen molar-refractivity contribution in [2.24, 2.45) is 0 Å². The van der Waals surface area contributed by atoms with Gasteiger partial charge in [-0.25, -0.2) is 0 Å². The van der Waals surface area contributed by atoms with E-state index < -0.39 is 0 Å². The first-order chi connectivity index (χ1) is 15.4. The van der Waals surface area contributed by atoms with Crippen LogP contribution in [-0.2, 0) is 27.3 Å². The summed E-state index contributed by atoms with van der Waals surface area (Å²) in [6.45, 7) is 10.3. The Kier molecular flexibility index (Phi) is 6.47. The molecule has 5 heteroatoms. The molecule has 2 aliphatic heterocycles. The molecular formula is C27H32N2O3. The summed E-state index contributed by atoms with van der Waals surface area (Å²) in [6, 6.07) is 14.4. The van der Waals surface area contributed by atoms with Crippen molar-refractivity contribution in [1.29, 1.82) is 0 Å². The van der Waals surface area contributed by atoms with Crippen LogP contribution in [0.15, 0.2) is 48.2 Å². The van der Waals surface area contributed by atoms with Crippen LogP contribution in [0.5, 0.6) is 0 Å². The quantitative estimate of drug-likeness (QED) is 0.485. The van der Waals surface area contributed by atoms with E-state index in [0.717, 1.165) is 29.7 Å². The number of benzene rings is 2. The molecule has 0 bridgehead atoms. The van der Waals surface area contributed by atoms with Gasteiger partial charge in [0.25, 0.3) is 11.8 Å². The molecule has 2 heterocycles. The molecule has 0 radical (unpaired) electrons. The highest BCUT2D eigenvalue weighted by Gasteiger charge is 2.42. The molecule has 2 aliphatic rings. The summed E-state index contributed by atoms with van der Waals surface area (Å²) in [5, 5.41) is 0. The van der Waals surface area contributed by atoms with E-state index >= 15 is 0 Å². The maximum absolute atomic E-state index is 13.6. The van der Waals surface area contributed by atoms with Gasteiger partial charge in [-0.2, -0.15) is 0 Å². The van der Waals surface area contributed by atoms with Crippen molar-refractivity contribution < 1.29 is 14.3 Å². The van der Waals surface area contributed by atoms with Gasteiger partial charge in [0.15, 0.2) is 0 Å². The normalized spacial score (nSPS) is 16.4. The largest absolute Gasteiger partial charge is 0.379 e.